The Morgan fingerprint density at radius 2 is 1.42 bits per heavy atom. The smallest absolute Gasteiger partial charge is 0.249 e. The van der Waals surface area contributed by atoms with Gasteiger partial charge in [-0.1, -0.05) is 96.5 Å². The fraction of sp³-hybridized carbons (Fsp3) is 0.0312. The molecule has 0 aliphatic heterocycles. The lowest BCUT2D eigenvalue weighted by molar-refractivity contribution is 0.100. The van der Waals surface area contributed by atoms with Gasteiger partial charge in [-0.3, -0.25) is 4.79 Å². The molecule has 174 valence electrons. The molecule has 1 heterocycles. The minimum Gasteiger partial charge on any atom is -0.366 e. The molecule has 0 atom stereocenters. The summed E-state index contributed by atoms with van der Waals surface area (Å²) >= 11 is 6.13. The molecule has 0 aliphatic rings. The highest BCUT2D eigenvalue weighted by molar-refractivity contribution is 6.30. The van der Waals surface area contributed by atoms with Crippen molar-refractivity contribution in [2.75, 3.05) is 0 Å². The van der Waals surface area contributed by atoms with E-state index in [1.165, 1.54) is 16.7 Å². The van der Waals surface area contributed by atoms with Crippen LogP contribution in [0.3, 0.4) is 0 Å². The molecule has 1 aromatic heterocycles. The van der Waals surface area contributed by atoms with Gasteiger partial charge in [0.05, 0.1) is 11.0 Å². The van der Waals surface area contributed by atoms with Crippen LogP contribution in [0.25, 0.3) is 44.1 Å². The number of aromatic nitrogens is 1. The van der Waals surface area contributed by atoms with E-state index in [2.05, 4.69) is 77.4 Å². The number of nitrogens with two attached hydrogens (primary N) is 1. The van der Waals surface area contributed by atoms with Crippen molar-refractivity contribution in [1.29, 1.82) is 0 Å². The molecule has 2 N–H and O–H groups in total. The highest BCUT2D eigenvalue weighted by atomic mass is 35.5. The summed E-state index contributed by atoms with van der Waals surface area (Å²) in [5, 5.41) is 2.60. The lowest BCUT2D eigenvalue weighted by atomic mass is 9.99. The van der Waals surface area contributed by atoms with E-state index in [9.17, 15) is 4.79 Å². The zero-order valence-electron chi connectivity index (χ0n) is 19.5. The summed E-state index contributed by atoms with van der Waals surface area (Å²) in [6, 6.07) is 38.9. The van der Waals surface area contributed by atoms with Gasteiger partial charge in [0.2, 0.25) is 5.91 Å². The standard InChI is InChI=1S/C32H23ClN2O/c33-25-16-13-21(14-17-25)23-15-18-27-30(19-23)35(29-12-6-11-28(31(27)29)32(34)36)20-24-9-4-5-10-26(24)22-7-2-1-3-8-22/h1-19H,20H2,(H2,34,36). The largest absolute Gasteiger partial charge is 0.366 e. The van der Waals surface area contributed by atoms with Crippen molar-refractivity contribution < 1.29 is 4.79 Å². The van der Waals surface area contributed by atoms with Crippen LogP contribution in [0, 0.1) is 0 Å². The van der Waals surface area contributed by atoms with E-state index in [1.54, 1.807) is 6.07 Å². The number of rotatable bonds is 5. The zero-order chi connectivity index (χ0) is 24.6. The van der Waals surface area contributed by atoms with E-state index in [-0.39, 0.29) is 0 Å². The number of halogens is 1. The molecular formula is C32H23ClN2O. The van der Waals surface area contributed by atoms with Gasteiger partial charge in [0, 0.05) is 27.9 Å². The summed E-state index contributed by atoms with van der Waals surface area (Å²) in [6.07, 6.45) is 0. The Morgan fingerprint density at radius 1 is 0.694 bits per heavy atom. The summed E-state index contributed by atoms with van der Waals surface area (Å²) < 4.78 is 2.29. The average Bonchev–Trinajstić information content (AvgIpc) is 3.22. The number of benzene rings is 5. The molecule has 0 spiro atoms. The summed E-state index contributed by atoms with van der Waals surface area (Å²) in [4.78, 5) is 12.4. The summed E-state index contributed by atoms with van der Waals surface area (Å²) in [5.41, 5.74) is 14.1. The SMILES string of the molecule is NC(=O)c1cccc2c1c1ccc(-c3ccc(Cl)cc3)cc1n2Cc1ccccc1-c1ccccc1. The highest BCUT2D eigenvalue weighted by Gasteiger charge is 2.18. The third-order valence-corrected chi connectivity index (χ3v) is 7.02. The maximum atomic E-state index is 12.4. The van der Waals surface area contributed by atoms with E-state index < -0.39 is 5.91 Å². The number of fused-ring (bicyclic) bond motifs is 3. The third kappa shape index (κ3) is 3.84. The number of hydrogen-bond acceptors (Lipinski definition) is 1. The Balaban J connectivity index is 1.60. The van der Waals surface area contributed by atoms with Gasteiger partial charge < -0.3 is 10.3 Å². The van der Waals surface area contributed by atoms with Gasteiger partial charge in [0.15, 0.2) is 0 Å². The van der Waals surface area contributed by atoms with Crippen molar-refractivity contribution in [3.63, 3.8) is 0 Å². The maximum absolute atomic E-state index is 12.4. The molecule has 0 fully saturated rings. The van der Waals surface area contributed by atoms with E-state index in [1.807, 2.05) is 36.4 Å². The number of nitrogens with zero attached hydrogens (tertiary/aromatic N) is 1. The molecule has 0 saturated heterocycles. The van der Waals surface area contributed by atoms with Gasteiger partial charge in [-0.15, -0.1) is 0 Å². The van der Waals surface area contributed by atoms with Gasteiger partial charge in [0.1, 0.15) is 0 Å². The molecule has 36 heavy (non-hydrogen) atoms. The predicted molar refractivity (Wildman–Crippen MR) is 149 cm³/mol. The molecule has 3 nitrogen and oxygen atoms in total. The Morgan fingerprint density at radius 3 is 2.19 bits per heavy atom. The minimum atomic E-state index is -0.425. The van der Waals surface area contributed by atoms with Gasteiger partial charge in [-0.25, -0.2) is 0 Å². The monoisotopic (exact) mass is 486 g/mol. The molecule has 6 aromatic rings. The summed E-state index contributed by atoms with van der Waals surface area (Å²) in [7, 11) is 0. The van der Waals surface area contributed by atoms with Gasteiger partial charge in [0.25, 0.3) is 0 Å². The van der Waals surface area contributed by atoms with Crippen molar-refractivity contribution in [2.45, 2.75) is 6.54 Å². The molecule has 5 aromatic carbocycles. The second-order valence-corrected chi connectivity index (χ2v) is 9.35. The van der Waals surface area contributed by atoms with Gasteiger partial charge in [-0.2, -0.15) is 0 Å². The molecule has 0 saturated carbocycles. The lowest BCUT2D eigenvalue weighted by Crippen LogP contribution is -2.11. The van der Waals surface area contributed by atoms with Crippen LogP contribution >= 0.6 is 11.6 Å². The first kappa shape index (κ1) is 22.1. The summed E-state index contributed by atoms with van der Waals surface area (Å²) in [5.74, 6) is -0.425. The van der Waals surface area contributed by atoms with E-state index in [0.29, 0.717) is 17.1 Å². The Kier molecular flexibility index (Phi) is 5.55. The topological polar surface area (TPSA) is 48.0 Å². The Hall–Kier alpha value is -4.34. The maximum Gasteiger partial charge on any atom is 0.249 e. The van der Waals surface area contributed by atoms with Crippen molar-refractivity contribution in [3.05, 3.63) is 131 Å². The number of hydrogen-bond donors (Lipinski definition) is 1. The molecule has 4 heteroatoms. The molecule has 6 rings (SSSR count). The van der Waals surface area contributed by atoms with Crippen LogP contribution in [0.2, 0.25) is 5.02 Å². The zero-order valence-corrected chi connectivity index (χ0v) is 20.2. The van der Waals surface area contributed by atoms with Crippen molar-refractivity contribution in [2.24, 2.45) is 5.73 Å². The highest BCUT2D eigenvalue weighted by Crippen LogP contribution is 2.36. The second-order valence-electron chi connectivity index (χ2n) is 8.91. The van der Waals surface area contributed by atoms with E-state index in [0.717, 1.165) is 32.9 Å². The average molecular weight is 487 g/mol. The first-order chi connectivity index (χ1) is 17.6. The number of carbonyl (C=O) groups excluding carboxylic acids is 1. The first-order valence-corrected chi connectivity index (χ1v) is 12.2. The summed E-state index contributed by atoms with van der Waals surface area (Å²) in [6.45, 7) is 0.650. The van der Waals surface area contributed by atoms with Crippen molar-refractivity contribution in [3.8, 4) is 22.3 Å². The molecule has 0 bridgehead atoms. The van der Waals surface area contributed by atoms with Gasteiger partial charge >= 0.3 is 0 Å². The first-order valence-electron chi connectivity index (χ1n) is 11.8. The van der Waals surface area contributed by atoms with Crippen LogP contribution in [-0.2, 0) is 6.54 Å². The van der Waals surface area contributed by atoms with Crippen LogP contribution < -0.4 is 5.73 Å². The van der Waals surface area contributed by atoms with Gasteiger partial charge in [-0.05, 0) is 58.1 Å². The van der Waals surface area contributed by atoms with Crippen LogP contribution in [0.1, 0.15) is 15.9 Å². The van der Waals surface area contributed by atoms with Crippen LogP contribution in [-0.4, -0.2) is 10.5 Å². The van der Waals surface area contributed by atoms with Crippen molar-refractivity contribution >= 4 is 39.3 Å². The fourth-order valence-corrected chi connectivity index (χ4v) is 5.20. The molecule has 0 radical (unpaired) electrons. The Labute approximate surface area is 214 Å². The van der Waals surface area contributed by atoms with Crippen LogP contribution in [0.4, 0.5) is 0 Å². The van der Waals surface area contributed by atoms with Crippen LogP contribution in [0.5, 0.6) is 0 Å². The van der Waals surface area contributed by atoms with Crippen molar-refractivity contribution in [1.82, 2.24) is 4.57 Å². The molecule has 1 amide bonds. The van der Waals surface area contributed by atoms with E-state index in [4.69, 9.17) is 17.3 Å². The molecular weight excluding hydrogens is 464 g/mol. The molecule has 0 aliphatic carbocycles. The predicted octanol–water partition coefficient (Wildman–Crippen LogP) is 7.93. The lowest BCUT2D eigenvalue weighted by Gasteiger charge is -2.13. The number of primary amides is 1. The number of carbonyl (C=O) groups is 1. The Bertz CT molecular complexity index is 1730. The van der Waals surface area contributed by atoms with E-state index >= 15 is 0 Å². The minimum absolute atomic E-state index is 0.425. The second kappa shape index (κ2) is 9.03. The third-order valence-electron chi connectivity index (χ3n) is 6.76. The van der Waals surface area contributed by atoms with Crippen LogP contribution in [0.15, 0.2) is 115 Å². The molecule has 0 unspecified atom stereocenters. The number of amides is 1. The normalized spacial score (nSPS) is 11.2. The fourth-order valence-electron chi connectivity index (χ4n) is 5.07. The quantitative estimate of drug-likeness (QED) is 0.264.